The third kappa shape index (κ3) is 3.78. The van der Waals surface area contributed by atoms with Crippen LogP contribution < -0.4 is 10.5 Å². The molecule has 0 bridgehead atoms. The topological polar surface area (TPSA) is 107 Å². The lowest BCUT2D eigenvalue weighted by atomic mass is 10.0. The number of aromatic nitrogens is 4. The monoisotopic (exact) mass is 479 g/mol. The Morgan fingerprint density at radius 3 is 2.80 bits per heavy atom. The first kappa shape index (κ1) is 22.1. The predicted octanol–water partition coefficient (Wildman–Crippen LogP) is 3.76. The summed E-state index contributed by atoms with van der Waals surface area (Å²) in [4.78, 5) is 12.8. The average molecular weight is 480 g/mol. The molecule has 1 aromatic carbocycles. The first-order valence-electron chi connectivity index (χ1n) is 11.5. The molecule has 2 aliphatic rings. The highest BCUT2D eigenvalue weighted by molar-refractivity contribution is 5.81. The van der Waals surface area contributed by atoms with Gasteiger partial charge in [-0.15, -0.1) is 0 Å². The predicted molar refractivity (Wildman–Crippen MR) is 126 cm³/mol. The minimum atomic E-state index is -0.723. The van der Waals surface area contributed by atoms with E-state index in [1.807, 2.05) is 48.9 Å². The maximum atomic E-state index is 13.7. The molecule has 9 nitrogen and oxygen atoms in total. The van der Waals surface area contributed by atoms with E-state index >= 15 is 0 Å². The number of anilines is 1. The molecular weight excluding hydrogens is 453 g/mol. The summed E-state index contributed by atoms with van der Waals surface area (Å²) in [7, 11) is 1.58. The number of methoxy groups -OCH3 is 1. The van der Waals surface area contributed by atoms with Gasteiger partial charge in [0, 0.05) is 11.6 Å². The van der Waals surface area contributed by atoms with Crippen LogP contribution in [0.4, 0.5) is 10.2 Å². The highest BCUT2D eigenvalue weighted by Crippen LogP contribution is 2.45. The lowest BCUT2D eigenvalue weighted by Gasteiger charge is -2.25. The van der Waals surface area contributed by atoms with Gasteiger partial charge in [-0.25, -0.2) is 19.3 Å². The Morgan fingerprint density at radius 2 is 1.97 bits per heavy atom. The van der Waals surface area contributed by atoms with Crippen LogP contribution in [0.25, 0.3) is 21.9 Å². The first-order chi connectivity index (χ1) is 16.8. The fourth-order valence-corrected chi connectivity index (χ4v) is 5.10. The zero-order chi connectivity index (χ0) is 24.3. The fourth-order valence-electron chi connectivity index (χ4n) is 5.10. The van der Waals surface area contributed by atoms with Gasteiger partial charge in [0.15, 0.2) is 23.7 Å². The Kier molecular flexibility index (Phi) is 5.13. The summed E-state index contributed by atoms with van der Waals surface area (Å²) in [5, 5.41) is 1.51. The Balaban J connectivity index is 1.27. The molecule has 3 aromatic heterocycles. The summed E-state index contributed by atoms with van der Waals surface area (Å²) < 4.78 is 40.1. The van der Waals surface area contributed by atoms with Gasteiger partial charge in [0.2, 0.25) is 5.88 Å². The van der Waals surface area contributed by atoms with Crippen molar-refractivity contribution in [2.24, 2.45) is 0 Å². The molecule has 2 N–H and O–H groups in total. The molecule has 0 spiro atoms. The van der Waals surface area contributed by atoms with Crippen molar-refractivity contribution in [3.63, 3.8) is 0 Å². The molecule has 0 unspecified atom stereocenters. The average Bonchev–Trinajstić information content (AvgIpc) is 3.49. The molecule has 2 aliphatic heterocycles. The molecule has 2 fully saturated rings. The van der Waals surface area contributed by atoms with Crippen LogP contribution in [-0.2, 0) is 20.6 Å². The molecule has 6 rings (SSSR count). The summed E-state index contributed by atoms with van der Waals surface area (Å²) in [6.07, 6.45) is 3.67. The minimum Gasteiger partial charge on any atom is -0.480 e. The summed E-state index contributed by atoms with van der Waals surface area (Å²) in [6, 6.07) is 9.09. The van der Waals surface area contributed by atoms with E-state index < -0.39 is 17.8 Å². The van der Waals surface area contributed by atoms with Crippen molar-refractivity contribution in [1.29, 1.82) is 0 Å². The maximum absolute atomic E-state index is 13.7. The number of nitrogen functional groups attached to an aromatic ring is 1. The van der Waals surface area contributed by atoms with Gasteiger partial charge in [0.25, 0.3) is 0 Å². The molecule has 0 saturated carbocycles. The molecule has 2 saturated heterocycles. The SMILES string of the molecule is COc1ncnc2c1ccn2[C@@H]1O[C@H](CCc2ccc3cc(F)c(N)nc3c2)[C@H]2OC(C)(C)O[C@H]21. The summed E-state index contributed by atoms with van der Waals surface area (Å²) in [5.41, 5.74) is 8.09. The van der Waals surface area contributed by atoms with Gasteiger partial charge < -0.3 is 29.2 Å². The van der Waals surface area contributed by atoms with Crippen LogP contribution in [0.2, 0.25) is 0 Å². The molecule has 4 atom stereocenters. The van der Waals surface area contributed by atoms with E-state index in [0.29, 0.717) is 28.9 Å². The third-order valence-corrected chi connectivity index (χ3v) is 6.65. The fraction of sp³-hybridized carbons (Fsp3) is 0.400. The number of fused-ring (bicyclic) bond motifs is 3. The van der Waals surface area contributed by atoms with Crippen LogP contribution in [0, 0.1) is 5.82 Å². The molecule has 4 aromatic rings. The van der Waals surface area contributed by atoms with Gasteiger partial charge >= 0.3 is 0 Å². The van der Waals surface area contributed by atoms with Crippen LogP contribution in [0.1, 0.15) is 32.1 Å². The number of nitrogens with two attached hydrogens (primary N) is 1. The van der Waals surface area contributed by atoms with Crippen molar-refractivity contribution in [2.45, 2.75) is 57.0 Å². The van der Waals surface area contributed by atoms with Gasteiger partial charge in [0.1, 0.15) is 24.2 Å². The van der Waals surface area contributed by atoms with Crippen LogP contribution in [0.5, 0.6) is 5.88 Å². The van der Waals surface area contributed by atoms with Crippen LogP contribution >= 0.6 is 0 Å². The summed E-state index contributed by atoms with van der Waals surface area (Å²) >= 11 is 0. The molecule has 0 amide bonds. The zero-order valence-electron chi connectivity index (χ0n) is 19.6. The number of halogens is 1. The van der Waals surface area contributed by atoms with Gasteiger partial charge in [-0.1, -0.05) is 12.1 Å². The van der Waals surface area contributed by atoms with Crippen LogP contribution in [0.3, 0.4) is 0 Å². The van der Waals surface area contributed by atoms with E-state index in [2.05, 4.69) is 15.0 Å². The minimum absolute atomic E-state index is 0.0995. The van der Waals surface area contributed by atoms with Crippen molar-refractivity contribution in [1.82, 2.24) is 19.5 Å². The maximum Gasteiger partial charge on any atom is 0.225 e. The number of hydrogen-bond acceptors (Lipinski definition) is 8. The van der Waals surface area contributed by atoms with Gasteiger partial charge in [-0.2, -0.15) is 0 Å². The summed E-state index contributed by atoms with van der Waals surface area (Å²) in [6.45, 7) is 3.83. The molecule has 0 aliphatic carbocycles. The molecule has 5 heterocycles. The number of pyridine rings is 1. The van der Waals surface area contributed by atoms with Crippen molar-refractivity contribution in [3.8, 4) is 5.88 Å². The highest BCUT2D eigenvalue weighted by atomic mass is 19.1. The smallest absolute Gasteiger partial charge is 0.225 e. The normalized spacial score (nSPS) is 25.4. The van der Waals surface area contributed by atoms with Gasteiger partial charge in [-0.3, -0.25) is 0 Å². The second-order valence-electron chi connectivity index (χ2n) is 9.39. The second kappa shape index (κ2) is 8.11. The lowest BCUT2D eigenvalue weighted by molar-refractivity contribution is -0.196. The van der Waals surface area contributed by atoms with Gasteiger partial charge in [0.05, 0.1) is 24.1 Å². The van der Waals surface area contributed by atoms with E-state index in [1.165, 1.54) is 12.4 Å². The number of hydrogen-bond donors (Lipinski definition) is 1. The second-order valence-corrected chi connectivity index (χ2v) is 9.39. The zero-order valence-corrected chi connectivity index (χ0v) is 19.6. The van der Waals surface area contributed by atoms with E-state index in [4.69, 9.17) is 24.7 Å². The van der Waals surface area contributed by atoms with E-state index in [9.17, 15) is 4.39 Å². The van der Waals surface area contributed by atoms with E-state index in [-0.39, 0.29) is 24.1 Å². The Labute approximate surface area is 201 Å². The molecule has 0 radical (unpaired) electrons. The van der Waals surface area contributed by atoms with Crippen molar-refractivity contribution >= 4 is 27.8 Å². The molecular formula is C25H26FN5O4. The highest BCUT2D eigenvalue weighted by Gasteiger charge is 2.55. The van der Waals surface area contributed by atoms with Gasteiger partial charge in [-0.05, 0) is 50.5 Å². The Hall–Kier alpha value is -3.34. The number of nitrogens with zero attached hydrogens (tertiary/aromatic N) is 4. The number of rotatable bonds is 5. The molecule has 10 heteroatoms. The Morgan fingerprint density at radius 1 is 1.14 bits per heavy atom. The molecule has 35 heavy (non-hydrogen) atoms. The standard InChI is InChI=1S/C25H26FN5O4/c1-25(2)34-19-18(7-5-13-4-6-14-11-16(26)21(27)30-17(14)10-13)33-24(20(19)35-25)31-9-8-15-22(31)28-12-29-23(15)32-3/h4,6,8-12,18-20,24H,5,7H2,1-3H3,(H2,27,30)/t18-,19-,20-,24-/m1/s1. The first-order valence-corrected chi connectivity index (χ1v) is 11.5. The lowest BCUT2D eigenvalue weighted by Crippen LogP contribution is -2.29. The van der Waals surface area contributed by atoms with E-state index in [0.717, 1.165) is 17.4 Å². The largest absolute Gasteiger partial charge is 0.480 e. The molecule has 182 valence electrons. The van der Waals surface area contributed by atoms with Crippen molar-refractivity contribution < 1.29 is 23.3 Å². The Bertz CT molecular complexity index is 1420. The number of benzene rings is 1. The number of aryl methyl sites for hydroxylation is 1. The van der Waals surface area contributed by atoms with E-state index in [1.54, 1.807) is 7.11 Å². The van der Waals surface area contributed by atoms with Crippen molar-refractivity contribution in [2.75, 3.05) is 12.8 Å². The van der Waals surface area contributed by atoms with Crippen LogP contribution in [0.15, 0.2) is 42.9 Å². The third-order valence-electron chi connectivity index (χ3n) is 6.65. The van der Waals surface area contributed by atoms with Crippen LogP contribution in [-0.4, -0.2) is 50.7 Å². The number of ether oxygens (including phenoxy) is 4. The van der Waals surface area contributed by atoms with Crippen molar-refractivity contribution in [3.05, 3.63) is 54.2 Å². The quantitative estimate of drug-likeness (QED) is 0.461. The summed E-state index contributed by atoms with van der Waals surface area (Å²) in [5.74, 6) is -0.824.